The van der Waals surface area contributed by atoms with Gasteiger partial charge in [0.05, 0.1) is 5.56 Å². The summed E-state index contributed by atoms with van der Waals surface area (Å²) in [6.45, 7) is 0.892. The molecule has 0 fully saturated rings. The van der Waals surface area contributed by atoms with E-state index in [4.69, 9.17) is 14.6 Å². The Morgan fingerprint density at radius 3 is 2.63 bits per heavy atom. The van der Waals surface area contributed by atoms with E-state index in [0.29, 0.717) is 30.3 Å². The monoisotopic (exact) mass is 262 g/mol. The molecule has 2 aromatic rings. The van der Waals surface area contributed by atoms with E-state index in [-0.39, 0.29) is 11.3 Å². The molecule has 3 rings (SSSR count). The molecule has 7 heteroatoms. The molecule has 19 heavy (non-hydrogen) atoms. The lowest BCUT2D eigenvalue weighted by Gasteiger charge is -2.18. The van der Waals surface area contributed by atoms with Crippen LogP contribution in [0.1, 0.15) is 10.5 Å². The molecule has 0 saturated carbocycles. The quantitative estimate of drug-likeness (QED) is 0.743. The molecule has 3 N–H and O–H groups in total. The first-order valence-electron chi connectivity index (χ1n) is 5.61. The first kappa shape index (κ1) is 11.4. The maximum Gasteiger partial charge on any atom is 0.354 e. The molecule has 0 bridgehead atoms. The van der Waals surface area contributed by atoms with Crippen LogP contribution in [0.4, 0.5) is 0 Å². The van der Waals surface area contributed by atoms with Gasteiger partial charge in [-0.25, -0.2) is 4.79 Å². The summed E-state index contributed by atoms with van der Waals surface area (Å²) >= 11 is 0. The molecule has 1 aromatic heterocycles. The molecule has 0 aliphatic carbocycles. The Hall–Kier alpha value is -2.70. The number of carbonyl (C=O) groups is 1. The van der Waals surface area contributed by atoms with E-state index < -0.39 is 11.5 Å². The summed E-state index contributed by atoms with van der Waals surface area (Å²) in [5.41, 5.74) is -0.135. The Morgan fingerprint density at radius 1 is 1.16 bits per heavy atom. The van der Waals surface area contributed by atoms with Gasteiger partial charge in [0.25, 0.3) is 5.56 Å². The van der Waals surface area contributed by atoms with Gasteiger partial charge >= 0.3 is 5.97 Å². The van der Waals surface area contributed by atoms with Gasteiger partial charge in [-0.05, 0) is 17.7 Å². The van der Waals surface area contributed by atoms with E-state index in [1.807, 2.05) is 0 Å². The fraction of sp³-hybridized carbons (Fsp3) is 0.167. The highest BCUT2D eigenvalue weighted by Gasteiger charge is 2.20. The maximum absolute atomic E-state index is 11.7. The molecule has 7 nitrogen and oxygen atoms in total. The van der Waals surface area contributed by atoms with Crippen molar-refractivity contribution < 1.29 is 19.4 Å². The minimum Gasteiger partial charge on any atom is -0.486 e. The Balaban J connectivity index is 2.15. The molecule has 1 aliphatic heterocycles. The number of hydrogen-bond donors (Lipinski definition) is 3. The Morgan fingerprint density at radius 2 is 1.89 bits per heavy atom. The smallest absolute Gasteiger partial charge is 0.354 e. The number of carboxylic acids is 1. The van der Waals surface area contributed by atoms with Gasteiger partial charge in [-0.2, -0.15) is 0 Å². The summed E-state index contributed by atoms with van der Waals surface area (Å²) in [6.07, 6.45) is 0. The minimum atomic E-state index is -1.21. The first-order chi connectivity index (χ1) is 9.16. The van der Waals surface area contributed by atoms with Crippen LogP contribution < -0.4 is 15.0 Å². The highest BCUT2D eigenvalue weighted by atomic mass is 16.6. The summed E-state index contributed by atoms with van der Waals surface area (Å²) in [4.78, 5) is 22.7. The molecule has 0 spiro atoms. The second kappa shape index (κ2) is 4.20. The van der Waals surface area contributed by atoms with Gasteiger partial charge in [-0.3, -0.25) is 15.0 Å². The van der Waals surface area contributed by atoms with Crippen molar-refractivity contribution in [3.63, 3.8) is 0 Å². The number of aromatic carboxylic acids is 1. The summed E-state index contributed by atoms with van der Waals surface area (Å²) in [5, 5.41) is 13.6. The zero-order chi connectivity index (χ0) is 13.4. The maximum atomic E-state index is 11.7. The fourth-order valence-electron chi connectivity index (χ4n) is 1.99. The van der Waals surface area contributed by atoms with Crippen LogP contribution >= 0.6 is 0 Å². The third-order valence-electron chi connectivity index (χ3n) is 2.82. The lowest BCUT2D eigenvalue weighted by molar-refractivity contribution is 0.0691. The second-order valence-corrected chi connectivity index (χ2v) is 3.99. The van der Waals surface area contributed by atoms with Crippen LogP contribution in [0.3, 0.4) is 0 Å². The van der Waals surface area contributed by atoms with Gasteiger partial charge < -0.3 is 14.6 Å². The van der Waals surface area contributed by atoms with Gasteiger partial charge in [0.1, 0.15) is 13.2 Å². The van der Waals surface area contributed by atoms with E-state index >= 15 is 0 Å². The molecule has 1 aromatic carbocycles. The number of ether oxygens (including phenoxy) is 2. The first-order valence-corrected chi connectivity index (χ1v) is 5.61. The average Bonchev–Trinajstić information content (AvgIpc) is 2.80. The van der Waals surface area contributed by atoms with Crippen LogP contribution in [-0.2, 0) is 0 Å². The van der Waals surface area contributed by atoms with Gasteiger partial charge in [-0.15, -0.1) is 0 Å². The van der Waals surface area contributed by atoms with Gasteiger partial charge in [0.15, 0.2) is 17.2 Å². The van der Waals surface area contributed by atoms with Crippen LogP contribution in [-0.4, -0.2) is 34.5 Å². The van der Waals surface area contributed by atoms with Crippen molar-refractivity contribution in [3.05, 3.63) is 34.2 Å². The third kappa shape index (κ3) is 1.85. The van der Waals surface area contributed by atoms with E-state index in [9.17, 15) is 9.59 Å². The van der Waals surface area contributed by atoms with Crippen LogP contribution in [0.25, 0.3) is 11.1 Å². The van der Waals surface area contributed by atoms with E-state index in [2.05, 4.69) is 10.2 Å². The van der Waals surface area contributed by atoms with Gasteiger partial charge in [0.2, 0.25) is 0 Å². The predicted octanol–water partition coefficient (Wildman–Crippen LogP) is 0.839. The number of carboxylic acid groups (broad SMARTS) is 1. The zero-order valence-corrected chi connectivity index (χ0v) is 9.73. The van der Waals surface area contributed by atoms with E-state index in [1.165, 1.54) is 0 Å². The van der Waals surface area contributed by atoms with Crippen molar-refractivity contribution in [2.75, 3.05) is 13.2 Å². The fourth-order valence-corrected chi connectivity index (χ4v) is 1.99. The van der Waals surface area contributed by atoms with Crippen LogP contribution in [0.5, 0.6) is 11.5 Å². The molecule has 2 heterocycles. The summed E-state index contributed by atoms with van der Waals surface area (Å²) in [5.74, 6) is -0.122. The number of benzene rings is 1. The number of aromatic amines is 2. The summed E-state index contributed by atoms with van der Waals surface area (Å²) in [7, 11) is 0. The number of fused-ring (bicyclic) bond motifs is 1. The highest BCUT2D eigenvalue weighted by molar-refractivity contribution is 5.93. The molecule has 98 valence electrons. The molecular weight excluding hydrogens is 252 g/mol. The van der Waals surface area contributed by atoms with Crippen molar-refractivity contribution in [2.24, 2.45) is 0 Å². The largest absolute Gasteiger partial charge is 0.486 e. The Bertz CT molecular complexity index is 700. The average molecular weight is 262 g/mol. The van der Waals surface area contributed by atoms with Crippen LogP contribution in [0.2, 0.25) is 0 Å². The lowest BCUT2D eigenvalue weighted by atomic mass is 10.1. The minimum absolute atomic E-state index is 0.0736. The summed E-state index contributed by atoms with van der Waals surface area (Å²) in [6, 6.07) is 4.87. The Labute approximate surface area is 106 Å². The number of nitrogens with one attached hydrogen (secondary N) is 2. The standard InChI is InChI=1S/C12H10N2O5/c15-11-9(10(12(16)17)13-14-11)6-1-2-7-8(5-6)19-4-3-18-7/h1-2,5H,3-4H2,(H,16,17)(H2,13,14,15). The SMILES string of the molecule is O=C(O)c1[nH][nH]c(=O)c1-c1ccc2c(c1)OCCO2. The van der Waals surface area contributed by atoms with Crippen LogP contribution in [0.15, 0.2) is 23.0 Å². The molecule has 0 atom stereocenters. The molecule has 0 amide bonds. The second-order valence-electron chi connectivity index (χ2n) is 3.99. The molecule has 1 aliphatic rings. The van der Waals surface area contributed by atoms with Crippen molar-refractivity contribution in [1.82, 2.24) is 10.2 Å². The van der Waals surface area contributed by atoms with E-state index in [1.54, 1.807) is 18.2 Å². The van der Waals surface area contributed by atoms with Crippen molar-refractivity contribution in [2.45, 2.75) is 0 Å². The van der Waals surface area contributed by atoms with Crippen molar-refractivity contribution >= 4 is 5.97 Å². The van der Waals surface area contributed by atoms with Gasteiger partial charge in [0, 0.05) is 0 Å². The van der Waals surface area contributed by atoms with Crippen LogP contribution in [0, 0.1) is 0 Å². The normalized spacial score (nSPS) is 13.3. The number of H-pyrrole nitrogens is 2. The molecule has 0 radical (unpaired) electrons. The number of aromatic nitrogens is 2. The van der Waals surface area contributed by atoms with Crippen molar-refractivity contribution in [1.29, 1.82) is 0 Å². The zero-order valence-electron chi connectivity index (χ0n) is 9.73. The highest BCUT2D eigenvalue weighted by Crippen LogP contribution is 2.34. The molecular formula is C12H10N2O5. The lowest BCUT2D eigenvalue weighted by Crippen LogP contribution is -2.15. The Kier molecular flexibility index (Phi) is 2.52. The number of rotatable bonds is 2. The third-order valence-corrected chi connectivity index (χ3v) is 2.82. The van der Waals surface area contributed by atoms with Gasteiger partial charge in [-0.1, -0.05) is 6.07 Å². The van der Waals surface area contributed by atoms with Crippen molar-refractivity contribution in [3.8, 4) is 22.6 Å². The van der Waals surface area contributed by atoms with E-state index in [0.717, 1.165) is 0 Å². The summed E-state index contributed by atoms with van der Waals surface area (Å²) < 4.78 is 10.8. The predicted molar refractivity (Wildman–Crippen MR) is 64.8 cm³/mol. The number of hydrogen-bond acceptors (Lipinski definition) is 4. The molecule has 0 unspecified atom stereocenters. The molecule has 0 saturated heterocycles. The topological polar surface area (TPSA) is 104 Å².